The summed E-state index contributed by atoms with van der Waals surface area (Å²) in [6.07, 6.45) is 3.80. The minimum atomic E-state index is 0.347. The van der Waals surface area contributed by atoms with Gasteiger partial charge in [-0.05, 0) is 13.8 Å². The van der Waals surface area contributed by atoms with Crippen LogP contribution in [0.5, 0.6) is 0 Å². The minimum absolute atomic E-state index is 0.347. The van der Waals surface area contributed by atoms with Crippen molar-refractivity contribution < 1.29 is 0 Å². The molecule has 0 spiro atoms. The summed E-state index contributed by atoms with van der Waals surface area (Å²) >= 11 is 0. The van der Waals surface area contributed by atoms with E-state index in [1.807, 2.05) is 24.0 Å². The van der Waals surface area contributed by atoms with E-state index < -0.39 is 0 Å². The minimum Gasteiger partial charge on any atom is -0.307 e. The highest BCUT2D eigenvalue weighted by atomic mass is 15.3. The lowest BCUT2D eigenvalue weighted by molar-refractivity contribution is 0.630. The zero-order valence-corrected chi connectivity index (χ0v) is 8.54. The Bertz CT molecular complexity index is 288. The average Bonchev–Trinajstić information content (AvgIpc) is 2.44. The second-order valence-electron chi connectivity index (χ2n) is 3.28. The molecule has 0 saturated carbocycles. The summed E-state index contributed by atoms with van der Waals surface area (Å²) in [7, 11) is 1.95. The van der Waals surface area contributed by atoms with Gasteiger partial charge in [-0.3, -0.25) is 4.68 Å². The molecule has 3 heteroatoms. The fourth-order valence-corrected chi connectivity index (χ4v) is 1.07. The van der Waals surface area contributed by atoms with Crippen molar-refractivity contribution in [3.63, 3.8) is 0 Å². The molecule has 1 rings (SSSR count). The first-order valence-electron chi connectivity index (χ1n) is 4.48. The molecule has 1 aromatic heterocycles. The molecule has 1 heterocycles. The molecule has 0 radical (unpaired) electrons. The maximum atomic E-state index is 4.17. The number of nitrogens with zero attached hydrogens (tertiary/aromatic N) is 2. The van der Waals surface area contributed by atoms with E-state index >= 15 is 0 Å². The Morgan fingerprint density at radius 1 is 1.77 bits per heavy atom. The number of aromatic nitrogens is 2. The van der Waals surface area contributed by atoms with Gasteiger partial charge in [0.1, 0.15) is 0 Å². The fraction of sp³-hybridized carbons (Fsp3) is 0.500. The van der Waals surface area contributed by atoms with Gasteiger partial charge in [-0.15, -0.1) is 6.58 Å². The van der Waals surface area contributed by atoms with Gasteiger partial charge in [0.25, 0.3) is 0 Å². The van der Waals surface area contributed by atoms with Crippen LogP contribution >= 0.6 is 0 Å². The van der Waals surface area contributed by atoms with Gasteiger partial charge in [-0.2, -0.15) is 5.10 Å². The van der Waals surface area contributed by atoms with Gasteiger partial charge in [0, 0.05) is 30.9 Å². The Balaban J connectivity index is 2.54. The van der Waals surface area contributed by atoms with Gasteiger partial charge in [0.05, 0.1) is 6.20 Å². The van der Waals surface area contributed by atoms with Crippen LogP contribution < -0.4 is 5.32 Å². The molecule has 0 saturated heterocycles. The van der Waals surface area contributed by atoms with E-state index in [9.17, 15) is 0 Å². The number of aryl methyl sites for hydroxylation is 1. The van der Waals surface area contributed by atoms with Crippen LogP contribution in [-0.4, -0.2) is 15.8 Å². The molecule has 0 amide bonds. The summed E-state index contributed by atoms with van der Waals surface area (Å²) in [4.78, 5) is 0. The van der Waals surface area contributed by atoms with Crippen LogP contribution in [0.25, 0.3) is 0 Å². The van der Waals surface area contributed by atoms with Crippen LogP contribution in [0.1, 0.15) is 18.2 Å². The van der Waals surface area contributed by atoms with E-state index in [-0.39, 0.29) is 0 Å². The molecule has 0 aromatic carbocycles. The smallest absolute Gasteiger partial charge is 0.0537 e. The van der Waals surface area contributed by atoms with Gasteiger partial charge >= 0.3 is 0 Å². The second kappa shape index (κ2) is 4.23. The maximum Gasteiger partial charge on any atom is 0.0537 e. The molecule has 1 atom stereocenters. The first-order valence-corrected chi connectivity index (χ1v) is 4.48. The number of hydrogen-bond acceptors (Lipinski definition) is 2. The van der Waals surface area contributed by atoms with Crippen LogP contribution in [0.15, 0.2) is 18.9 Å². The third-order valence-electron chi connectivity index (χ3n) is 2.30. The zero-order chi connectivity index (χ0) is 9.84. The molecule has 0 aliphatic carbocycles. The predicted octanol–water partition coefficient (Wildman–Crippen LogP) is 1.39. The van der Waals surface area contributed by atoms with E-state index in [1.54, 1.807) is 0 Å². The Kier molecular flexibility index (Phi) is 3.25. The second-order valence-corrected chi connectivity index (χ2v) is 3.28. The highest BCUT2D eigenvalue weighted by molar-refractivity contribution is 5.15. The molecule has 1 N–H and O–H groups in total. The van der Waals surface area contributed by atoms with Gasteiger partial charge in [0.15, 0.2) is 0 Å². The normalized spacial score (nSPS) is 12.8. The Morgan fingerprint density at radius 3 is 2.92 bits per heavy atom. The number of hydrogen-bond donors (Lipinski definition) is 1. The highest BCUT2D eigenvalue weighted by Gasteiger charge is 2.03. The molecule has 0 aliphatic rings. The first-order chi connectivity index (χ1) is 6.15. The SMILES string of the molecule is C=CC(C)NCc1cnn(C)c1C. The Morgan fingerprint density at radius 2 is 2.46 bits per heavy atom. The maximum absolute atomic E-state index is 4.17. The van der Waals surface area contributed by atoms with Crippen molar-refractivity contribution in [2.24, 2.45) is 7.05 Å². The largest absolute Gasteiger partial charge is 0.307 e. The Labute approximate surface area is 79.5 Å². The molecule has 13 heavy (non-hydrogen) atoms. The monoisotopic (exact) mass is 179 g/mol. The van der Waals surface area contributed by atoms with Crippen molar-refractivity contribution in [1.82, 2.24) is 15.1 Å². The molecule has 1 unspecified atom stereocenters. The van der Waals surface area contributed by atoms with Crippen molar-refractivity contribution in [2.75, 3.05) is 0 Å². The molecular formula is C10H17N3. The van der Waals surface area contributed by atoms with E-state index in [2.05, 4.69) is 30.8 Å². The predicted molar refractivity (Wildman–Crippen MR) is 54.4 cm³/mol. The Hall–Kier alpha value is -1.09. The van der Waals surface area contributed by atoms with Crippen LogP contribution in [0.2, 0.25) is 0 Å². The van der Waals surface area contributed by atoms with Gasteiger partial charge in [-0.1, -0.05) is 6.08 Å². The summed E-state index contributed by atoms with van der Waals surface area (Å²) in [5.74, 6) is 0. The van der Waals surface area contributed by atoms with Crippen molar-refractivity contribution in [1.29, 1.82) is 0 Å². The highest BCUT2D eigenvalue weighted by Crippen LogP contribution is 2.04. The first kappa shape index (κ1) is 9.99. The van der Waals surface area contributed by atoms with Crippen molar-refractivity contribution in [3.8, 4) is 0 Å². The van der Waals surface area contributed by atoms with Gasteiger partial charge in [-0.25, -0.2) is 0 Å². The zero-order valence-electron chi connectivity index (χ0n) is 8.54. The number of nitrogens with one attached hydrogen (secondary N) is 1. The topological polar surface area (TPSA) is 29.9 Å². The fourth-order valence-electron chi connectivity index (χ4n) is 1.07. The lowest BCUT2D eigenvalue weighted by atomic mass is 10.2. The molecule has 0 aliphatic heterocycles. The third-order valence-corrected chi connectivity index (χ3v) is 2.30. The van der Waals surface area contributed by atoms with E-state index in [0.29, 0.717) is 6.04 Å². The van der Waals surface area contributed by atoms with Crippen molar-refractivity contribution in [2.45, 2.75) is 26.4 Å². The summed E-state index contributed by atoms with van der Waals surface area (Å²) in [5, 5.41) is 7.50. The lowest BCUT2D eigenvalue weighted by Gasteiger charge is -2.07. The van der Waals surface area contributed by atoms with Crippen LogP contribution in [-0.2, 0) is 13.6 Å². The molecule has 0 bridgehead atoms. The lowest BCUT2D eigenvalue weighted by Crippen LogP contribution is -2.23. The molecule has 0 fully saturated rings. The molecular weight excluding hydrogens is 162 g/mol. The van der Waals surface area contributed by atoms with Crippen LogP contribution in [0, 0.1) is 6.92 Å². The van der Waals surface area contributed by atoms with Crippen molar-refractivity contribution >= 4 is 0 Å². The van der Waals surface area contributed by atoms with Gasteiger partial charge in [0.2, 0.25) is 0 Å². The van der Waals surface area contributed by atoms with E-state index in [0.717, 1.165) is 6.54 Å². The summed E-state index contributed by atoms with van der Waals surface area (Å²) in [6.45, 7) is 8.73. The summed E-state index contributed by atoms with van der Waals surface area (Å²) in [6, 6.07) is 0.347. The van der Waals surface area contributed by atoms with Crippen LogP contribution in [0.4, 0.5) is 0 Å². The van der Waals surface area contributed by atoms with Gasteiger partial charge < -0.3 is 5.32 Å². The summed E-state index contributed by atoms with van der Waals surface area (Å²) < 4.78 is 1.88. The van der Waals surface area contributed by atoms with E-state index in [4.69, 9.17) is 0 Å². The van der Waals surface area contributed by atoms with Crippen LogP contribution in [0.3, 0.4) is 0 Å². The molecule has 72 valence electrons. The molecule has 3 nitrogen and oxygen atoms in total. The summed E-state index contributed by atoms with van der Waals surface area (Å²) in [5.41, 5.74) is 2.46. The number of rotatable bonds is 4. The average molecular weight is 179 g/mol. The standard InChI is InChI=1S/C10H17N3/c1-5-8(2)11-6-10-7-12-13(4)9(10)3/h5,7-8,11H,1,6H2,2-4H3. The molecule has 1 aromatic rings. The van der Waals surface area contributed by atoms with E-state index in [1.165, 1.54) is 11.3 Å². The third kappa shape index (κ3) is 2.42. The quantitative estimate of drug-likeness (QED) is 0.708. The van der Waals surface area contributed by atoms with Crippen molar-refractivity contribution in [3.05, 3.63) is 30.1 Å².